The van der Waals surface area contributed by atoms with Crippen LogP contribution in [0.2, 0.25) is 0 Å². The molecular formula is C14H19N5. The Morgan fingerprint density at radius 3 is 2.74 bits per heavy atom. The van der Waals surface area contributed by atoms with Gasteiger partial charge in [0.05, 0.1) is 11.0 Å². The van der Waals surface area contributed by atoms with Gasteiger partial charge in [-0.2, -0.15) is 0 Å². The topological polar surface area (TPSA) is 67.1 Å². The summed E-state index contributed by atoms with van der Waals surface area (Å²) in [6.45, 7) is 1.93. The van der Waals surface area contributed by atoms with Crippen LogP contribution in [0.5, 0.6) is 0 Å². The lowest BCUT2D eigenvalue weighted by Gasteiger charge is -2.33. The van der Waals surface area contributed by atoms with Crippen LogP contribution in [-0.2, 0) is 0 Å². The summed E-state index contributed by atoms with van der Waals surface area (Å²) in [6.07, 6.45) is 2.35. The van der Waals surface area contributed by atoms with E-state index in [1.54, 1.807) is 0 Å². The third-order valence-corrected chi connectivity index (χ3v) is 3.71. The number of benzene rings is 1. The van der Waals surface area contributed by atoms with Gasteiger partial charge in [-0.15, -0.1) is 0 Å². The first-order valence-corrected chi connectivity index (χ1v) is 6.72. The maximum atomic E-state index is 6.07. The predicted molar refractivity (Wildman–Crippen MR) is 78.2 cm³/mol. The molecule has 3 N–H and O–H groups in total. The van der Waals surface area contributed by atoms with E-state index < -0.39 is 0 Å². The van der Waals surface area contributed by atoms with Crippen molar-refractivity contribution < 1.29 is 0 Å². The molecule has 0 radical (unpaired) electrons. The van der Waals surface area contributed by atoms with Gasteiger partial charge in [0.2, 0.25) is 0 Å². The van der Waals surface area contributed by atoms with Gasteiger partial charge in [0, 0.05) is 19.1 Å². The standard InChI is InChI=1S/C14H19N5/c1-16-10-5-4-8-19(9-10)14-13(15)17-11-6-2-3-7-12(11)18-14/h2-3,6-7,10,16H,4-5,8-9H2,1H3,(H2,15,17)/t10-/m1/s1. The van der Waals surface area contributed by atoms with Crippen LogP contribution in [0.1, 0.15) is 12.8 Å². The molecule has 1 aromatic carbocycles. The van der Waals surface area contributed by atoms with Crippen molar-refractivity contribution in [3.8, 4) is 0 Å². The van der Waals surface area contributed by atoms with Crippen LogP contribution >= 0.6 is 0 Å². The molecule has 0 saturated carbocycles. The second-order valence-electron chi connectivity index (χ2n) is 5.00. The van der Waals surface area contributed by atoms with Gasteiger partial charge in [0.1, 0.15) is 0 Å². The fourth-order valence-corrected chi connectivity index (χ4v) is 2.64. The highest BCUT2D eigenvalue weighted by Gasteiger charge is 2.22. The van der Waals surface area contributed by atoms with Crippen molar-refractivity contribution in [1.29, 1.82) is 0 Å². The molecule has 2 aromatic rings. The molecule has 1 aliphatic rings. The van der Waals surface area contributed by atoms with Crippen molar-refractivity contribution in [1.82, 2.24) is 15.3 Å². The molecule has 1 saturated heterocycles. The zero-order valence-electron chi connectivity index (χ0n) is 11.1. The van der Waals surface area contributed by atoms with Crippen LogP contribution in [0.15, 0.2) is 24.3 Å². The summed E-state index contributed by atoms with van der Waals surface area (Å²) in [5.41, 5.74) is 7.82. The molecule has 0 spiro atoms. The van der Waals surface area contributed by atoms with Crippen molar-refractivity contribution >= 4 is 22.7 Å². The van der Waals surface area contributed by atoms with Crippen molar-refractivity contribution in [2.75, 3.05) is 30.8 Å². The Morgan fingerprint density at radius 2 is 2.00 bits per heavy atom. The summed E-state index contributed by atoms with van der Waals surface area (Å²) in [4.78, 5) is 11.4. The summed E-state index contributed by atoms with van der Waals surface area (Å²) < 4.78 is 0. The fraction of sp³-hybridized carbons (Fsp3) is 0.429. The number of nitrogens with two attached hydrogens (primary N) is 1. The number of aromatic nitrogens is 2. The van der Waals surface area contributed by atoms with E-state index in [1.165, 1.54) is 6.42 Å². The van der Waals surface area contributed by atoms with E-state index in [-0.39, 0.29) is 0 Å². The SMILES string of the molecule is CN[C@@H]1CCCN(c2nc3ccccc3nc2N)C1. The number of para-hydroxylation sites is 2. The first kappa shape index (κ1) is 12.2. The highest BCUT2D eigenvalue weighted by molar-refractivity contribution is 5.79. The molecule has 0 unspecified atom stereocenters. The summed E-state index contributed by atoms with van der Waals surface area (Å²) in [5, 5.41) is 3.33. The van der Waals surface area contributed by atoms with Crippen LogP contribution in [0.25, 0.3) is 11.0 Å². The minimum atomic E-state index is 0.501. The molecule has 1 atom stereocenters. The van der Waals surface area contributed by atoms with Gasteiger partial charge in [0.15, 0.2) is 11.6 Å². The molecular weight excluding hydrogens is 238 g/mol. The van der Waals surface area contributed by atoms with Gasteiger partial charge >= 0.3 is 0 Å². The summed E-state index contributed by atoms with van der Waals surface area (Å²) >= 11 is 0. The minimum Gasteiger partial charge on any atom is -0.381 e. The third kappa shape index (κ3) is 2.33. The highest BCUT2D eigenvalue weighted by atomic mass is 15.2. The number of likely N-dealkylation sites (N-methyl/N-ethyl adjacent to an activating group) is 1. The lowest BCUT2D eigenvalue weighted by Crippen LogP contribution is -2.45. The van der Waals surface area contributed by atoms with Crippen LogP contribution < -0.4 is 16.0 Å². The summed E-state index contributed by atoms with van der Waals surface area (Å²) in [7, 11) is 2.00. The van der Waals surface area contributed by atoms with E-state index in [0.717, 1.165) is 36.4 Å². The molecule has 100 valence electrons. The molecule has 5 heteroatoms. The van der Waals surface area contributed by atoms with E-state index in [1.807, 2.05) is 31.3 Å². The summed E-state index contributed by atoms with van der Waals surface area (Å²) in [5.74, 6) is 1.34. The van der Waals surface area contributed by atoms with E-state index >= 15 is 0 Å². The van der Waals surface area contributed by atoms with Crippen molar-refractivity contribution in [3.05, 3.63) is 24.3 Å². The second-order valence-corrected chi connectivity index (χ2v) is 5.00. The Morgan fingerprint density at radius 1 is 1.26 bits per heavy atom. The number of rotatable bonds is 2. The third-order valence-electron chi connectivity index (χ3n) is 3.71. The van der Waals surface area contributed by atoms with Crippen molar-refractivity contribution in [3.63, 3.8) is 0 Å². The van der Waals surface area contributed by atoms with E-state index in [9.17, 15) is 0 Å². The molecule has 1 aromatic heterocycles. The Labute approximate surface area is 112 Å². The predicted octanol–water partition coefficient (Wildman–Crippen LogP) is 1.40. The number of piperidine rings is 1. The number of hydrogen-bond acceptors (Lipinski definition) is 5. The molecule has 19 heavy (non-hydrogen) atoms. The van der Waals surface area contributed by atoms with Gasteiger partial charge < -0.3 is 16.0 Å². The molecule has 0 amide bonds. The van der Waals surface area contributed by atoms with Crippen molar-refractivity contribution in [2.45, 2.75) is 18.9 Å². The average Bonchev–Trinajstić information content (AvgIpc) is 2.46. The minimum absolute atomic E-state index is 0.501. The molecule has 2 heterocycles. The van der Waals surface area contributed by atoms with Gasteiger partial charge in [-0.3, -0.25) is 0 Å². The number of fused-ring (bicyclic) bond motifs is 1. The van der Waals surface area contributed by atoms with Crippen molar-refractivity contribution in [2.24, 2.45) is 0 Å². The highest BCUT2D eigenvalue weighted by Crippen LogP contribution is 2.25. The van der Waals surface area contributed by atoms with Crippen LogP contribution in [-0.4, -0.2) is 36.1 Å². The lowest BCUT2D eigenvalue weighted by atomic mass is 10.1. The zero-order valence-corrected chi connectivity index (χ0v) is 11.1. The Hall–Kier alpha value is -1.88. The number of nitrogen functional groups attached to an aromatic ring is 1. The number of hydrogen-bond donors (Lipinski definition) is 2. The Kier molecular flexibility index (Phi) is 3.21. The largest absolute Gasteiger partial charge is 0.381 e. The molecule has 5 nitrogen and oxygen atoms in total. The van der Waals surface area contributed by atoms with Gasteiger partial charge in [0.25, 0.3) is 0 Å². The maximum absolute atomic E-state index is 6.07. The van der Waals surface area contributed by atoms with Crippen LogP contribution in [0.3, 0.4) is 0 Å². The Balaban J connectivity index is 1.97. The molecule has 1 fully saturated rings. The van der Waals surface area contributed by atoms with Crippen LogP contribution in [0.4, 0.5) is 11.6 Å². The smallest absolute Gasteiger partial charge is 0.172 e. The first-order valence-electron chi connectivity index (χ1n) is 6.72. The monoisotopic (exact) mass is 257 g/mol. The quantitative estimate of drug-likeness (QED) is 0.851. The lowest BCUT2D eigenvalue weighted by molar-refractivity contribution is 0.448. The molecule has 0 bridgehead atoms. The van der Waals surface area contributed by atoms with Gasteiger partial charge in [-0.1, -0.05) is 12.1 Å². The van der Waals surface area contributed by atoms with E-state index in [4.69, 9.17) is 5.73 Å². The summed E-state index contributed by atoms with van der Waals surface area (Å²) in [6, 6.07) is 8.35. The molecule has 3 rings (SSSR count). The fourth-order valence-electron chi connectivity index (χ4n) is 2.64. The van der Waals surface area contributed by atoms with Gasteiger partial charge in [-0.05, 0) is 32.0 Å². The maximum Gasteiger partial charge on any atom is 0.172 e. The van der Waals surface area contributed by atoms with Gasteiger partial charge in [-0.25, -0.2) is 9.97 Å². The first-order chi connectivity index (χ1) is 9.28. The second kappa shape index (κ2) is 5.01. The van der Waals surface area contributed by atoms with E-state index in [0.29, 0.717) is 11.9 Å². The normalized spacial score (nSPS) is 19.8. The van der Waals surface area contributed by atoms with E-state index in [2.05, 4.69) is 20.2 Å². The number of anilines is 2. The molecule has 0 aliphatic carbocycles. The Bertz CT molecular complexity index is 583. The van der Waals surface area contributed by atoms with Crippen LogP contribution in [0, 0.1) is 0 Å². The molecule has 1 aliphatic heterocycles. The zero-order chi connectivity index (χ0) is 13.2. The number of nitrogens with zero attached hydrogens (tertiary/aromatic N) is 3. The number of nitrogens with one attached hydrogen (secondary N) is 1. The average molecular weight is 257 g/mol.